The third kappa shape index (κ3) is 4.60. The number of carbonyl (C=O) groups is 1. The summed E-state index contributed by atoms with van der Waals surface area (Å²) < 4.78 is 10.2. The van der Waals surface area contributed by atoms with Crippen LogP contribution in [0.2, 0.25) is 0 Å². The first-order chi connectivity index (χ1) is 11.9. The van der Waals surface area contributed by atoms with Gasteiger partial charge in [-0.05, 0) is 37.3 Å². The maximum absolute atomic E-state index is 12.4. The Bertz CT molecular complexity index is 761. The zero-order chi connectivity index (χ0) is 18.4. The van der Waals surface area contributed by atoms with Crippen LogP contribution >= 0.6 is 0 Å². The number of methoxy groups -OCH3 is 2. The Morgan fingerprint density at radius 3 is 2.36 bits per heavy atom. The number of hydrogen-bond donors (Lipinski definition) is 2. The number of nitrogens with zero attached hydrogens (tertiary/aromatic N) is 1. The van der Waals surface area contributed by atoms with E-state index in [-0.39, 0.29) is 17.3 Å². The Morgan fingerprint density at radius 2 is 1.80 bits per heavy atom. The molecule has 2 rings (SSSR count). The SMILES string of the molecule is COc1ccc(N[C@@H](C)C(=O)Nc2cc([N+](=O)[O-])ccc2OC)cc1. The van der Waals surface area contributed by atoms with E-state index in [1.165, 1.54) is 25.3 Å². The number of hydrogen-bond acceptors (Lipinski definition) is 6. The van der Waals surface area contributed by atoms with E-state index in [0.717, 1.165) is 5.69 Å². The number of nitro groups is 1. The smallest absolute Gasteiger partial charge is 0.271 e. The van der Waals surface area contributed by atoms with E-state index in [9.17, 15) is 14.9 Å². The molecule has 25 heavy (non-hydrogen) atoms. The lowest BCUT2D eigenvalue weighted by Gasteiger charge is -2.16. The minimum atomic E-state index is -0.572. The second-order valence-electron chi connectivity index (χ2n) is 5.23. The fourth-order valence-electron chi connectivity index (χ4n) is 2.15. The van der Waals surface area contributed by atoms with E-state index in [4.69, 9.17) is 9.47 Å². The Kier molecular flexibility index (Phi) is 5.78. The van der Waals surface area contributed by atoms with Crippen LogP contribution in [0, 0.1) is 10.1 Å². The molecule has 1 amide bonds. The summed E-state index contributed by atoms with van der Waals surface area (Å²) in [5.41, 5.74) is 0.853. The van der Waals surface area contributed by atoms with Crippen molar-refractivity contribution < 1.29 is 19.2 Å². The standard InChI is InChI=1S/C17H19N3O5/c1-11(18-12-4-7-14(24-2)8-5-12)17(21)19-15-10-13(20(22)23)6-9-16(15)25-3/h4-11,18H,1-3H3,(H,19,21)/t11-/m0/s1. The number of nitrogens with one attached hydrogen (secondary N) is 2. The number of carbonyl (C=O) groups excluding carboxylic acids is 1. The maximum Gasteiger partial charge on any atom is 0.271 e. The molecule has 0 fully saturated rings. The fraction of sp³-hybridized carbons (Fsp3) is 0.235. The molecular formula is C17H19N3O5. The van der Waals surface area contributed by atoms with Gasteiger partial charge in [-0.2, -0.15) is 0 Å². The molecule has 2 N–H and O–H groups in total. The van der Waals surface area contributed by atoms with Crippen molar-refractivity contribution in [2.75, 3.05) is 24.9 Å². The van der Waals surface area contributed by atoms with Gasteiger partial charge in [-0.3, -0.25) is 14.9 Å². The number of amides is 1. The van der Waals surface area contributed by atoms with Crippen LogP contribution in [0.5, 0.6) is 11.5 Å². The van der Waals surface area contributed by atoms with Crippen molar-refractivity contribution in [3.05, 3.63) is 52.6 Å². The second-order valence-corrected chi connectivity index (χ2v) is 5.23. The average Bonchev–Trinajstić information content (AvgIpc) is 2.62. The van der Waals surface area contributed by atoms with Crippen LogP contribution in [0.25, 0.3) is 0 Å². The van der Waals surface area contributed by atoms with Crippen LogP contribution in [-0.2, 0) is 4.79 Å². The van der Waals surface area contributed by atoms with Gasteiger partial charge in [0.05, 0.1) is 24.8 Å². The van der Waals surface area contributed by atoms with Crippen molar-refractivity contribution in [1.82, 2.24) is 0 Å². The number of nitro benzene ring substituents is 1. The van der Waals surface area contributed by atoms with Crippen LogP contribution < -0.4 is 20.1 Å². The number of non-ortho nitro benzene ring substituents is 1. The van der Waals surface area contributed by atoms with E-state index in [1.807, 2.05) is 0 Å². The average molecular weight is 345 g/mol. The second kappa shape index (κ2) is 8.00. The zero-order valence-electron chi connectivity index (χ0n) is 14.1. The molecule has 8 heteroatoms. The monoisotopic (exact) mass is 345 g/mol. The number of anilines is 2. The van der Waals surface area contributed by atoms with Gasteiger partial charge in [0.15, 0.2) is 0 Å². The van der Waals surface area contributed by atoms with Crippen molar-refractivity contribution in [2.45, 2.75) is 13.0 Å². The van der Waals surface area contributed by atoms with Gasteiger partial charge in [-0.1, -0.05) is 0 Å². The molecule has 2 aromatic carbocycles. The molecule has 1 atom stereocenters. The maximum atomic E-state index is 12.4. The molecule has 132 valence electrons. The van der Waals surface area contributed by atoms with Crippen molar-refractivity contribution in [3.8, 4) is 11.5 Å². The first kappa shape index (κ1) is 18.1. The summed E-state index contributed by atoms with van der Waals surface area (Å²) in [6, 6.07) is 10.6. The predicted octanol–water partition coefficient (Wildman–Crippen LogP) is 3.05. The molecule has 0 bridgehead atoms. The van der Waals surface area contributed by atoms with Gasteiger partial charge >= 0.3 is 0 Å². The lowest BCUT2D eigenvalue weighted by atomic mass is 10.2. The van der Waals surface area contributed by atoms with Gasteiger partial charge in [0, 0.05) is 17.8 Å². The third-order valence-electron chi connectivity index (χ3n) is 3.52. The highest BCUT2D eigenvalue weighted by Gasteiger charge is 2.17. The molecule has 0 spiro atoms. The van der Waals surface area contributed by atoms with Crippen LogP contribution in [0.1, 0.15) is 6.92 Å². The molecule has 0 radical (unpaired) electrons. The van der Waals surface area contributed by atoms with E-state index < -0.39 is 11.0 Å². The summed E-state index contributed by atoms with van der Waals surface area (Å²) in [6.45, 7) is 1.68. The van der Waals surface area contributed by atoms with E-state index >= 15 is 0 Å². The lowest BCUT2D eigenvalue weighted by molar-refractivity contribution is -0.384. The van der Waals surface area contributed by atoms with Gasteiger partial charge in [0.1, 0.15) is 17.5 Å². The molecule has 0 saturated heterocycles. The Hall–Kier alpha value is -3.29. The van der Waals surface area contributed by atoms with Gasteiger partial charge in [-0.15, -0.1) is 0 Å². The summed E-state index contributed by atoms with van der Waals surface area (Å²) in [7, 11) is 3.00. The molecule has 0 saturated carbocycles. The summed E-state index contributed by atoms with van der Waals surface area (Å²) in [4.78, 5) is 22.7. The van der Waals surface area contributed by atoms with E-state index in [2.05, 4.69) is 10.6 Å². The molecule has 0 aliphatic heterocycles. The molecule has 2 aromatic rings. The van der Waals surface area contributed by atoms with Crippen LogP contribution in [0.4, 0.5) is 17.1 Å². The quantitative estimate of drug-likeness (QED) is 0.590. The molecule has 0 aromatic heterocycles. The van der Waals surface area contributed by atoms with Crippen molar-refractivity contribution >= 4 is 23.0 Å². The largest absolute Gasteiger partial charge is 0.497 e. The summed E-state index contributed by atoms with van der Waals surface area (Å²) in [6.07, 6.45) is 0. The minimum absolute atomic E-state index is 0.133. The molecule has 8 nitrogen and oxygen atoms in total. The molecule has 0 unspecified atom stereocenters. The topological polar surface area (TPSA) is 103 Å². The highest BCUT2D eigenvalue weighted by Crippen LogP contribution is 2.29. The van der Waals surface area contributed by atoms with Crippen molar-refractivity contribution in [2.24, 2.45) is 0 Å². The Balaban J connectivity index is 2.09. The first-order valence-electron chi connectivity index (χ1n) is 7.48. The fourth-order valence-corrected chi connectivity index (χ4v) is 2.15. The zero-order valence-corrected chi connectivity index (χ0v) is 14.1. The lowest BCUT2D eigenvalue weighted by Crippen LogP contribution is -2.32. The Labute approximate surface area is 144 Å². The molecular weight excluding hydrogens is 326 g/mol. The Morgan fingerprint density at radius 1 is 1.12 bits per heavy atom. The summed E-state index contributed by atoms with van der Waals surface area (Å²) in [5.74, 6) is 0.703. The van der Waals surface area contributed by atoms with Crippen LogP contribution in [0.3, 0.4) is 0 Å². The molecule has 0 heterocycles. The van der Waals surface area contributed by atoms with Gasteiger partial charge in [-0.25, -0.2) is 0 Å². The van der Waals surface area contributed by atoms with Crippen LogP contribution in [-0.4, -0.2) is 31.1 Å². The highest BCUT2D eigenvalue weighted by atomic mass is 16.6. The number of benzene rings is 2. The first-order valence-corrected chi connectivity index (χ1v) is 7.48. The number of rotatable bonds is 7. The summed E-state index contributed by atoms with van der Waals surface area (Å²) in [5, 5.41) is 16.6. The third-order valence-corrected chi connectivity index (χ3v) is 3.52. The normalized spacial score (nSPS) is 11.3. The van der Waals surface area contributed by atoms with Crippen molar-refractivity contribution in [3.63, 3.8) is 0 Å². The van der Waals surface area contributed by atoms with Gasteiger partial charge in [0.25, 0.3) is 5.69 Å². The summed E-state index contributed by atoms with van der Waals surface area (Å²) >= 11 is 0. The predicted molar refractivity (Wildman–Crippen MR) is 94.4 cm³/mol. The van der Waals surface area contributed by atoms with Gasteiger partial charge < -0.3 is 20.1 Å². The van der Waals surface area contributed by atoms with E-state index in [0.29, 0.717) is 11.5 Å². The van der Waals surface area contributed by atoms with Crippen LogP contribution in [0.15, 0.2) is 42.5 Å². The van der Waals surface area contributed by atoms with E-state index in [1.54, 1.807) is 38.3 Å². The van der Waals surface area contributed by atoms with Gasteiger partial charge in [0.2, 0.25) is 5.91 Å². The van der Waals surface area contributed by atoms with Crippen molar-refractivity contribution in [1.29, 1.82) is 0 Å². The number of ether oxygens (including phenoxy) is 2. The minimum Gasteiger partial charge on any atom is -0.497 e. The highest BCUT2D eigenvalue weighted by molar-refractivity contribution is 5.97. The molecule has 0 aliphatic rings. The molecule has 0 aliphatic carbocycles.